The van der Waals surface area contributed by atoms with Crippen molar-refractivity contribution in [1.29, 1.82) is 0 Å². The van der Waals surface area contributed by atoms with Crippen molar-refractivity contribution in [2.45, 2.75) is 32.2 Å². The number of benzene rings is 2. The van der Waals surface area contributed by atoms with E-state index in [1.54, 1.807) is 30.3 Å². The zero-order valence-electron chi connectivity index (χ0n) is 16.6. The second-order valence-corrected chi connectivity index (χ2v) is 8.80. The number of hydrogen-bond donors (Lipinski definition) is 1. The van der Waals surface area contributed by atoms with E-state index in [2.05, 4.69) is 5.32 Å². The Morgan fingerprint density at radius 1 is 1.11 bits per heavy atom. The second kappa shape index (κ2) is 9.45. The fourth-order valence-corrected chi connectivity index (χ4v) is 4.41. The fraction of sp³-hybridized carbons (Fsp3) is 0.350. The molecule has 0 aromatic heterocycles. The minimum absolute atomic E-state index is 0.230. The van der Waals surface area contributed by atoms with E-state index in [0.717, 1.165) is 11.1 Å². The van der Waals surface area contributed by atoms with Crippen LogP contribution in [-0.4, -0.2) is 42.9 Å². The van der Waals surface area contributed by atoms with Gasteiger partial charge in [0.05, 0.1) is 4.90 Å². The molecule has 152 valence electrons. The average Bonchev–Trinajstić information content (AvgIpc) is 2.65. The zero-order valence-corrected chi connectivity index (χ0v) is 18.2. The maximum absolute atomic E-state index is 13.1. The van der Waals surface area contributed by atoms with Crippen LogP contribution in [0.2, 0.25) is 0 Å². The van der Waals surface area contributed by atoms with Gasteiger partial charge in [0.1, 0.15) is 5.82 Å². The van der Waals surface area contributed by atoms with Gasteiger partial charge in [-0.1, -0.05) is 32.0 Å². The smallest absolute Gasteiger partial charge is 0.243 e. The maximum Gasteiger partial charge on any atom is 0.243 e. The highest BCUT2D eigenvalue weighted by Crippen LogP contribution is 2.23. The van der Waals surface area contributed by atoms with Crippen molar-refractivity contribution in [2.75, 3.05) is 25.5 Å². The molecule has 0 aliphatic carbocycles. The van der Waals surface area contributed by atoms with Crippen LogP contribution in [0.5, 0.6) is 0 Å². The first-order valence-electron chi connectivity index (χ1n) is 9.06. The van der Waals surface area contributed by atoms with Crippen LogP contribution in [0.15, 0.2) is 47.4 Å². The monoisotopic (exact) mass is 423 g/mol. The Labute approximate surface area is 172 Å². The number of halogens is 1. The van der Waals surface area contributed by atoms with E-state index in [0.29, 0.717) is 30.4 Å². The molecule has 0 aliphatic rings. The lowest BCUT2D eigenvalue weighted by molar-refractivity contribution is 0.445. The maximum atomic E-state index is 13.1. The molecule has 2 rings (SSSR count). The van der Waals surface area contributed by atoms with Crippen molar-refractivity contribution in [3.05, 3.63) is 59.4 Å². The van der Waals surface area contributed by atoms with Gasteiger partial charge in [-0.05, 0) is 54.5 Å². The Morgan fingerprint density at radius 3 is 2.29 bits per heavy atom. The number of hydrogen-bond acceptors (Lipinski definition) is 3. The van der Waals surface area contributed by atoms with Crippen LogP contribution < -0.4 is 5.32 Å². The zero-order chi connectivity index (χ0) is 20.9. The summed E-state index contributed by atoms with van der Waals surface area (Å²) in [6, 6.07) is 11.2. The molecular weight excluding hydrogens is 397 g/mol. The number of rotatable bonds is 7. The van der Waals surface area contributed by atoms with Crippen LogP contribution in [0.1, 0.15) is 25.0 Å². The predicted molar refractivity (Wildman–Crippen MR) is 115 cm³/mol. The van der Waals surface area contributed by atoms with Gasteiger partial charge in [-0.15, -0.1) is 0 Å². The van der Waals surface area contributed by atoms with Crippen LogP contribution in [-0.2, 0) is 16.6 Å². The van der Waals surface area contributed by atoms with Gasteiger partial charge in [0.25, 0.3) is 0 Å². The van der Waals surface area contributed by atoms with Crippen molar-refractivity contribution < 1.29 is 12.8 Å². The van der Waals surface area contributed by atoms with Crippen LogP contribution in [0.25, 0.3) is 0 Å². The van der Waals surface area contributed by atoms with E-state index in [4.69, 9.17) is 12.2 Å². The largest absolute Gasteiger partial charge is 0.348 e. The standard InChI is InChI=1S/C20H26FN3O2S2/c1-5-24(6-2)28(25,26)18-12-7-15(3)19(13-18)22-20(27)23(4)14-16-8-10-17(21)11-9-16/h7-13H,5-6,14H2,1-4H3,(H,22,27). The Bertz CT molecular complexity index is 927. The van der Waals surface area contributed by atoms with Crippen LogP contribution in [0.3, 0.4) is 0 Å². The molecule has 5 nitrogen and oxygen atoms in total. The summed E-state index contributed by atoms with van der Waals surface area (Å²) in [6.45, 7) is 6.84. The van der Waals surface area contributed by atoms with E-state index < -0.39 is 10.0 Å². The lowest BCUT2D eigenvalue weighted by Crippen LogP contribution is -2.32. The summed E-state index contributed by atoms with van der Waals surface area (Å²) < 4.78 is 40.0. The fourth-order valence-electron chi connectivity index (χ4n) is 2.75. The van der Waals surface area contributed by atoms with E-state index in [-0.39, 0.29) is 10.7 Å². The quantitative estimate of drug-likeness (QED) is 0.683. The lowest BCUT2D eigenvalue weighted by atomic mass is 10.2. The average molecular weight is 424 g/mol. The summed E-state index contributed by atoms with van der Waals surface area (Å²) in [7, 11) is -1.72. The first kappa shape index (κ1) is 22.3. The first-order valence-corrected chi connectivity index (χ1v) is 10.9. The first-order chi connectivity index (χ1) is 13.2. The summed E-state index contributed by atoms with van der Waals surface area (Å²) in [4.78, 5) is 2.04. The van der Waals surface area contributed by atoms with E-state index in [9.17, 15) is 12.8 Å². The minimum atomic E-state index is -3.55. The molecule has 0 saturated heterocycles. The van der Waals surface area contributed by atoms with Crippen molar-refractivity contribution in [1.82, 2.24) is 9.21 Å². The summed E-state index contributed by atoms with van der Waals surface area (Å²) in [5, 5.41) is 3.58. The number of sulfonamides is 1. The van der Waals surface area contributed by atoms with Crippen molar-refractivity contribution in [3.8, 4) is 0 Å². The summed E-state index contributed by atoms with van der Waals surface area (Å²) in [5.74, 6) is -0.283. The summed E-state index contributed by atoms with van der Waals surface area (Å²) in [5.41, 5.74) is 2.45. The van der Waals surface area contributed by atoms with Crippen LogP contribution in [0, 0.1) is 12.7 Å². The second-order valence-electron chi connectivity index (χ2n) is 6.48. The van der Waals surface area contributed by atoms with Crippen LogP contribution >= 0.6 is 12.2 Å². The molecule has 0 unspecified atom stereocenters. The van der Waals surface area contributed by atoms with Crippen LogP contribution in [0.4, 0.5) is 10.1 Å². The molecule has 2 aromatic carbocycles. The SMILES string of the molecule is CCN(CC)S(=O)(=O)c1ccc(C)c(NC(=S)N(C)Cc2ccc(F)cc2)c1. The van der Waals surface area contributed by atoms with E-state index in [1.807, 2.05) is 32.7 Å². The minimum Gasteiger partial charge on any atom is -0.348 e. The Hall–Kier alpha value is -2.03. The molecule has 1 N–H and O–H groups in total. The topological polar surface area (TPSA) is 52.7 Å². The molecule has 0 saturated carbocycles. The molecule has 0 amide bonds. The third-order valence-electron chi connectivity index (χ3n) is 4.47. The highest BCUT2D eigenvalue weighted by Gasteiger charge is 2.22. The molecule has 0 aliphatic heterocycles. The highest BCUT2D eigenvalue weighted by molar-refractivity contribution is 7.89. The Morgan fingerprint density at radius 2 is 1.71 bits per heavy atom. The van der Waals surface area contributed by atoms with Gasteiger partial charge in [0.15, 0.2) is 5.11 Å². The molecule has 0 heterocycles. The molecule has 28 heavy (non-hydrogen) atoms. The molecule has 0 radical (unpaired) electrons. The molecule has 0 spiro atoms. The highest BCUT2D eigenvalue weighted by atomic mass is 32.2. The van der Waals surface area contributed by atoms with Crippen molar-refractivity contribution in [3.63, 3.8) is 0 Å². The van der Waals surface area contributed by atoms with Gasteiger partial charge in [-0.25, -0.2) is 12.8 Å². The normalized spacial score (nSPS) is 11.5. The Kier molecular flexibility index (Phi) is 7.51. The third kappa shape index (κ3) is 5.27. The van der Waals surface area contributed by atoms with E-state index in [1.165, 1.54) is 16.4 Å². The van der Waals surface area contributed by atoms with Crippen molar-refractivity contribution in [2.24, 2.45) is 0 Å². The van der Waals surface area contributed by atoms with Gasteiger partial charge in [-0.3, -0.25) is 0 Å². The molecule has 8 heteroatoms. The van der Waals surface area contributed by atoms with Gasteiger partial charge in [0, 0.05) is 32.4 Å². The molecule has 2 aromatic rings. The van der Waals surface area contributed by atoms with Gasteiger partial charge >= 0.3 is 0 Å². The van der Waals surface area contributed by atoms with Crippen molar-refractivity contribution >= 4 is 33.0 Å². The van der Waals surface area contributed by atoms with Gasteiger partial charge in [0.2, 0.25) is 10.0 Å². The number of aryl methyl sites for hydroxylation is 1. The predicted octanol–water partition coefficient (Wildman–Crippen LogP) is 3.99. The number of nitrogens with one attached hydrogen (secondary N) is 1. The summed E-state index contributed by atoms with van der Waals surface area (Å²) in [6.07, 6.45) is 0. The van der Waals surface area contributed by atoms with E-state index >= 15 is 0 Å². The molecule has 0 bridgehead atoms. The van der Waals surface area contributed by atoms with Gasteiger partial charge in [-0.2, -0.15) is 4.31 Å². The number of nitrogens with zero attached hydrogens (tertiary/aromatic N) is 2. The molecular formula is C20H26FN3O2S2. The number of thiocarbonyl (C=S) groups is 1. The Balaban J connectivity index is 2.18. The van der Waals surface area contributed by atoms with Gasteiger partial charge < -0.3 is 10.2 Å². The molecule has 0 fully saturated rings. The molecule has 0 atom stereocenters. The number of anilines is 1. The lowest BCUT2D eigenvalue weighted by Gasteiger charge is -2.23. The summed E-state index contributed by atoms with van der Waals surface area (Å²) >= 11 is 5.46. The third-order valence-corrected chi connectivity index (χ3v) is 6.93.